The third-order valence-electron chi connectivity index (χ3n) is 11.8. The highest BCUT2D eigenvalue weighted by molar-refractivity contribution is 7.60. The molecule has 0 aromatic heterocycles. The maximum Gasteiger partial charge on any atom is 0.312 e. The lowest BCUT2D eigenvalue weighted by Gasteiger charge is -2.38. The number of phenols is 3. The van der Waals surface area contributed by atoms with Crippen LogP contribution in [0.15, 0.2) is 66.5 Å². The molecule has 0 spiro atoms. The zero-order valence-electron chi connectivity index (χ0n) is 38.1. The van der Waals surface area contributed by atoms with Crippen LogP contribution in [0.2, 0.25) is 0 Å². The lowest BCUT2D eigenvalue weighted by molar-refractivity contribution is -0.160. The largest absolute Gasteiger partial charge is 0.507 e. The van der Waals surface area contributed by atoms with Crippen LogP contribution < -0.4 is 15.4 Å². The molecule has 9 atom stereocenters. The summed E-state index contributed by atoms with van der Waals surface area (Å²) >= 11 is 0. The highest BCUT2D eigenvalue weighted by atomic mass is 32.1. The van der Waals surface area contributed by atoms with Gasteiger partial charge < -0.3 is 55.1 Å². The van der Waals surface area contributed by atoms with Gasteiger partial charge in [0.05, 0.1) is 41.2 Å². The Morgan fingerprint density at radius 3 is 1.90 bits per heavy atom. The number of Topliss-reactive ketones (excluding diaryl/α,β-unsaturated/α-hetero) is 1. The molecule has 0 saturated carbocycles. The van der Waals surface area contributed by atoms with Gasteiger partial charge in [0.15, 0.2) is 5.75 Å². The molecule has 14 nitrogen and oxygen atoms in total. The molecule has 0 fully saturated rings. The predicted molar refractivity (Wildman–Crippen MR) is 325 cm³/mol. The third-order valence-corrected chi connectivity index (χ3v) is 11.8. The van der Waals surface area contributed by atoms with E-state index in [1.165, 1.54) is 46.3 Å². The zero-order valence-corrected chi connectivity index (χ0v) is 43.1. The van der Waals surface area contributed by atoms with Crippen LogP contribution in [0.3, 0.4) is 0 Å². The molecule has 3 aliphatic heterocycles. The first-order valence-corrected chi connectivity index (χ1v) is 20.2. The molecule has 3 aromatic carbocycles. The number of ketones is 1. The van der Waals surface area contributed by atoms with Gasteiger partial charge in [-0.2, -0.15) is 67.5 Å². The summed E-state index contributed by atoms with van der Waals surface area (Å²) in [5.41, 5.74) is 1.07. The minimum absolute atomic E-state index is 0. The number of nitrogens with one attached hydrogen (secondary N) is 2. The fraction of sp³-hybridized carbons (Fsp3) is 0.528. The minimum Gasteiger partial charge on any atom is -0.507 e. The quantitative estimate of drug-likeness (QED) is 0.0508. The maximum atomic E-state index is 14.4. The molecule has 0 saturated heterocycles. The van der Waals surface area contributed by atoms with Crippen molar-refractivity contribution in [2.45, 2.75) is 151 Å². The topological polar surface area (TPSA) is 213 Å². The smallest absolute Gasteiger partial charge is 0.312 e. The summed E-state index contributed by atoms with van der Waals surface area (Å²) in [5, 5.41) is 64.1. The number of amides is 1. The number of benzene rings is 3. The zero-order chi connectivity index (χ0) is 44.2. The van der Waals surface area contributed by atoms with Crippen molar-refractivity contribution >= 4 is 102 Å². The Labute approximate surface area is 468 Å². The van der Waals surface area contributed by atoms with Crippen molar-refractivity contribution < 1.29 is 58.9 Å². The Hall–Kier alpha value is -3.66. The average Bonchev–Trinajstić information content (AvgIpc) is 3.48. The Morgan fingerprint density at radius 1 is 0.792 bits per heavy atom. The van der Waals surface area contributed by atoms with E-state index in [1.807, 2.05) is 30.3 Å². The predicted octanol–water partition coefficient (Wildman–Crippen LogP) is 11.1. The number of phenolic OH excluding ortho intramolecular Hbond substituents is 3. The van der Waals surface area contributed by atoms with Crippen molar-refractivity contribution in [3.8, 4) is 23.0 Å². The van der Waals surface area contributed by atoms with Crippen LogP contribution in [0.25, 0.3) is 10.8 Å². The van der Waals surface area contributed by atoms with Gasteiger partial charge >= 0.3 is 11.8 Å². The molecule has 0 unspecified atom stereocenters. The number of carbonyl (C=O) groups is 3. The molecule has 19 heteroatoms. The van der Waals surface area contributed by atoms with Gasteiger partial charge in [-0.05, 0) is 38.5 Å². The Morgan fingerprint density at radius 2 is 1.36 bits per heavy atom. The van der Waals surface area contributed by atoms with Crippen molar-refractivity contribution in [3.05, 3.63) is 88.7 Å². The summed E-state index contributed by atoms with van der Waals surface area (Å²) in [6.07, 6.45) is 3.72. The number of methoxy groups -OCH3 is 1. The number of fused-ring (bicyclic) bond motifs is 14. The van der Waals surface area contributed by atoms with E-state index in [4.69, 9.17) is 18.9 Å². The number of aliphatic hydroxyl groups is 2. The Balaban J connectivity index is -0.000000569. The highest BCUT2D eigenvalue weighted by Gasteiger charge is 2.50. The number of ether oxygens (including phenoxy) is 4. The van der Waals surface area contributed by atoms with Crippen molar-refractivity contribution in [1.29, 1.82) is 0 Å². The van der Waals surface area contributed by atoms with Crippen LogP contribution in [-0.4, -0.2) is 87.0 Å². The number of carbonyl (C=O) groups excluding carboxylic acids is 3. The molecule has 0 aliphatic carbocycles. The van der Waals surface area contributed by atoms with Crippen LogP contribution >= 0.6 is 67.5 Å². The first-order chi connectivity index (χ1) is 28.3. The fourth-order valence-electron chi connectivity index (χ4n) is 8.07. The van der Waals surface area contributed by atoms with Crippen LogP contribution in [-0.2, 0) is 36.8 Å². The third kappa shape index (κ3) is 18.0. The Bertz CT molecular complexity index is 2210. The second kappa shape index (κ2) is 36.3. The number of anilines is 1. The van der Waals surface area contributed by atoms with Gasteiger partial charge in [0.1, 0.15) is 23.4 Å². The molecule has 7 N–H and O–H groups in total. The molecule has 0 radical (unpaired) electrons. The summed E-state index contributed by atoms with van der Waals surface area (Å²) in [6, 6.07) is 9.63. The highest BCUT2D eigenvalue weighted by Crippen LogP contribution is 2.55. The van der Waals surface area contributed by atoms with Crippen LogP contribution in [0.5, 0.6) is 23.0 Å². The standard InChI is InChI=1S/C46H58N2O12.7CH4.5H2S/c1-23-14-13-15-24(2)45(56)48-36-31(18-20-47-22-30-16-11-10-12-17-30)40(53)33-34(41(36)54)39(52)28(6)43-35(33)44(55)46(8,60-43)58-21-19-32(57-9)25(3)42(59-29(7)49)27(5)38(51)26(4)37(23)50;;;;;;;;;;;;/h10-17,19,21,23,25-27,32,37-38,42,47,50-54H,18,20,22H2,1-9H3,(H,48,56);7*1H4;5*1H2/b14-13+,21-19+,24-15-;;;;;;;;;;;;/t23-,25+,26+,27+,32-,37-,38+,42+,46-;;;;;;;;;;;;/m0............/s1. The van der Waals surface area contributed by atoms with E-state index in [0.29, 0.717) is 6.54 Å². The average molecular weight is 1110 g/mol. The molecular formula is C53H96N2O12S5. The summed E-state index contributed by atoms with van der Waals surface area (Å²) < 4.78 is 23.6. The van der Waals surface area contributed by atoms with Gasteiger partial charge in [-0.3, -0.25) is 14.4 Å². The van der Waals surface area contributed by atoms with Gasteiger partial charge in [-0.25, -0.2) is 0 Å². The maximum absolute atomic E-state index is 14.4. The van der Waals surface area contributed by atoms with Gasteiger partial charge in [-0.15, -0.1) is 0 Å². The van der Waals surface area contributed by atoms with E-state index in [-0.39, 0.29) is 177 Å². The van der Waals surface area contributed by atoms with E-state index < -0.39 is 88.8 Å². The summed E-state index contributed by atoms with van der Waals surface area (Å²) in [6.45, 7) is 13.3. The normalized spacial score (nSPS) is 24.7. The first kappa shape index (κ1) is 85.1. The van der Waals surface area contributed by atoms with Crippen LogP contribution in [0, 0.1) is 30.6 Å². The van der Waals surface area contributed by atoms with Crippen molar-refractivity contribution in [3.63, 3.8) is 0 Å². The fourth-order valence-corrected chi connectivity index (χ4v) is 8.07. The van der Waals surface area contributed by atoms with E-state index in [2.05, 4.69) is 10.6 Å². The number of rotatable bonds is 7. The van der Waals surface area contributed by atoms with E-state index >= 15 is 0 Å². The summed E-state index contributed by atoms with van der Waals surface area (Å²) in [7, 11) is 1.44. The van der Waals surface area contributed by atoms with Crippen molar-refractivity contribution in [1.82, 2.24) is 5.32 Å². The van der Waals surface area contributed by atoms with Crippen LogP contribution in [0.1, 0.15) is 128 Å². The van der Waals surface area contributed by atoms with Crippen molar-refractivity contribution in [2.24, 2.45) is 23.7 Å². The lowest BCUT2D eigenvalue weighted by atomic mass is 9.78. The van der Waals surface area contributed by atoms with Gasteiger partial charge in [0.2, 0.25) is 0 Å². The first-order valence-electron chi connectivity index (χ1n) is 20.2. The number of esters is 1. The molecule has 3 aliphatic rings. The van der Waals surface area contributed by atoms with Gasteiger partial charge in [-0.1, -0.05) is 128 Å². The van der Waals surface area contributed by atoms with Gasteiger partial charge in [0.25, 0.3) is 11.7 Å². The SMILES string of the molecule is C.C.C.C.C.C.C.CO[C@H]1/C=C/O[C@@]2(C)Oc3c(C)c(O)c4c(O)c(c(CCNCc5ccccc5)c(O)c4c3C2=O)NC(=O)/C(C)=C\C=C\[C@H](C)[C@H](O)[C@@H](C)[C@@H](O)[C@@H](C)[C@H](OC(C)=O)[C@@H]1C.S.S.S.S.S. The Kier molecular flexibility index (Phi) is 42.9. The molecule has 3 aromatic rings. The molecule has 3 heterocycles. The minimum atomic E-state index is -2.03. The number of allylic oxidation sites excluding steroid dienone is 2. The number of hydrogen-bond donors (Lipinski definition) is 7. The molecule has 420 valence electrons. The summed E-state index contributed by atoms with van der Waals surface area (Å²) in [5.74, 6) is -8.03. The monoisotopic (exact) mass is 1110 g/mol. The van der Waals surface area contributed by atoms with E-state index in [1.54, 1.807) is 46.8 Å². The van der Waals surface area contributed by atoms with E-state index in [9.17, 15) is 39.9 Å². The van der Waals surface area contributed by atoms with Crippen molar-refractivity contribution in [2.75, 3.05) is 19.0 Å². The molecule has 1 amide bonds. The van der Waals surface area contributed by atoms with Gasteiger partial charge in [0, 0.05) is 73.3 Å². The summed E-state index contributed by atoms with van der Waals surface area (Å²) in [4.78, 5) is 40.5. The second-order valence-electron chi connectivity index (χ2n) is 16.1. The number of aromatic hydroxyl groups is 3. The number of hydrogen-bond acceptors (Lipinski definition) is 13. The lowest BCUT2D eigenvalue weighted by Crippen LogP contribution is -2.46. The second-order valence-corrected chi connectivity index (χ2v) is 16.1. The molecule has 72 heavy (non-hydrogen) atoms. The molecular weight excluding hydrogens is 1020 g/mol. The molecule has 6 rings (SSSR count). The van der Waals surface area contributed by atoms with Crippen LogP contribution in [0.4, 0.5) is 5.69 Å². The van der Waals surface area contributed by atoms with E-state index in [0.717, 1.165) is 5.56 Å². The molecule has 5 bridgehead atoms. The number of aliphatic hydroxyl groups excluding tert-OH is 2.